The van der Waals surface area contributed by atoms with Gasteiger partial charge in [0.1, 0.15) is 5.82 Å². The lowest BCUT2D eigenvalue weighted by Gasteiger charge is -2.34. The van der Waals surface area contributed by atoms with E-state index in [4.69, 9.17) is 0 Å². The molecule has 1 atom stereocenters. The molecule has 0 spiro atoms. The minimum atomic E-state index is -0.138. The van der Waals surface area contributed by atoms with Crippen LogP contribution in [0.3, 0.4) is 0 Å². The molecular formula is C13H18FN. The van der Waals surface area contributed by atoms with Crippen LogP contribution in [0, 0.1) is 11.7 Å². The van der Waals surface area contributed by atoms with Crippen molar-refractivity contribution in [2.75, 3.05) is 6.54 Å². The molecule has 2 heteroatoms. The lowest BCUT2D eigenvalue weighted by molar-refractivity contribution is 0.276. The van der Waals surface area contributed by atoms with Gasteiger partial charge in [-0.05, 0) is 43.0 Å². The van der Waals surface area contributed by atoms with Crippen molar-refractivity contribution in [3.8, 4) is 0 Å². The van der Waals surface area contributed by atoms with Gasteiger partial charge in [-0.25, -0.2) is 4.39 Å². The van der Waals surface area contributed by atoms with Crippen molar-refractivity contribution in [3.05, 3.63) is 35.6 Å². The molecule has 1 unspecified atom stereocenters. The van der Waals surface area contributed by atoms with Gasteiger partial charge >= 0.3 is 0 Å². The second-order valence-electron chi connectivity index (χ2n) is 4.67. The molecule has 1 aliphatic heterocycles. The lowest BCUT2D eigenvalue weighted by Crippen LogP contribution is -2.41. The molecule has 1 heterocycles. The maximum absolute atomic E-state index is 13.2. The van der Waals surface area contributed by atoms with E-state index in [1.165, 1.54) is 12.5 Å². The summed E-state index contributed by atoms with van der Waals surface area (Å²) < 4.78 is 13.2. The minimum absolute atomic E-state index is 0.0118. The molecule has 1 nitrogen and oxygen atoms in total. The van der Waals surface area contributed by atoms with E-state index in [9.17, 15) is 4.39 Å². The van der Waals surface area contributed by atoms with Gasteiger partial charge in [0.05, 0.1) is 0 Å². The number of halogens is 1. The first-order valence-electron chi connectivity index (χ1n) is 5.66. The maximum atomic E-state index is 13.2. The van der Waals surface area contributed by atoms with Crippen LogP contribution in [0.5, 0.6) is 0 Å². The third-order valence-electron chi connectivity index (χ3n) is 3.51. The number of hydrogen-bond donors (Lipinski definition) is 1. The number of nitrogens with one attached hydrogen (secondary N) is 1. The Morgan fingerprint density at radius 2 is 2.20 bits per heavy atom. The summed E-state index contributed by atoms with van der Waals surface area (Å²) >= 11 is 0. The van der Waals surface area contributed by atoms with E-state index >= 15 is 0 Å². The predicted molar refractivity (Wildman–Crippen MR) is 60.2 cm³/mol. The Hall–Kier alpha value is -0.890. The average molecular weight is 207 g/mol. The van der Waals surface area contributed by atoms with E-state index in [1.54, 1.807) is 12.1 Å². The number of hydrogen-bond acceptors (Lipinski definition) is 1. The van der Waals surface area contributed by atoms with Crippen molar-refractivity contribution in [3.63, 3.8) is 0 Å². The monoisotopic (exact) mass is 207 g/mol. The smallest absolute Gasteiger partial charge is 0.123 e. The molecule has 0 saturated carbocycles. The second-order valence-corrected chi connectivity index (χ2v) is 4.67. The highest BCUT2D eigenvalue weighted by molar-refractivity contribution is 5.27. The highest BCUT2D eigenvalue weighted by atomic mass is 19.1. The fourth-order valence-corrected chi connectivity index (χ4v) is 2.61. The topological polar surface area (TPSA) is 12.0 Å². The Morgan fingerprint density at radius 1 is 1.40 bits per heavy atom. The Labute approximate surface area is 90.7 Å². The summed E-state index contributed by atoms with van der Waals surface area (Å²) in [5, 5.41) is 3.55. The molecular weight excluding hydrogens is 189 g/mol. The lowest BCUT2D eigenvalue weighted by atomic mass is 9.79. The summed E-state index contributed by atoms with van der Waals surface area (Å²) in [5.41, 5.74) is 1.08. The Morgan fingerprint density at radius 3 is 2.73 bits per heavy atom. The third kappa shape index (κ3) is 1.78. The summed E-state index contributed by atoms with van der Waals surface area (Å²) in [6, 6.07) is 7.00. The molecule has 0 aromatic heterocycles. The van der Waals surface area contributed by atoms with Crippen molar-refractivity contribution < 1.29 is 4.39 Å². The van der Waals surface area contributed by atoms with Gasteiger partial charge in [0.2, 0.25) is 0 Å². The van der Waals surface area contributed by atoms with E-state index in [-0.39, 0.29) is 11.4 Å². The van der Waals surface area contributed by atoms with Gasteiger partial charge in [-0.1, -0.05) is 26.0 Å². The molecule has 0 radical (unpaired) electrons. The van der Waals surface area contributed by atoms with Crippen LogP contribution in [0.1, 0.15) is 32.3 Å². The molecule has 1 saturated heterocycles. The molecule has 82 valence electrons. The van der Waals surface area contributed by atoms with Gasteiger partial charge in [-0.3, -0.25) is 0 Å². The normalized spacial score (nSPS) is 26.1. The van der Waals surface area contributed by atoms with Crippen LogP contribution in [0.4, 0.5) is 4.39 Å². The van der Waals surface area contributed by atoms with E-state index in [0.717, 1.165) is 18.5 Å². The van der Waals surface area contributed by atoms with Crippen LogP contribution in [0.25, 0.3) is 0 Å². The highest BCUT2D eigenvalue weighted by Crippen LogP contribution is 2.37. The predicted octanol–water partition coefficient (Wildman–Crippen LogP) is 3.06. The van der Waals surface area contributed by atoms with E-state index in [2.05, 4.69) is 19.2 Å². The quantitative estimate of drug-likeness (QED) is 0.786. The fraction of sp³-hybridized carbons (Fsp3) is 0.538. The van der Waals surface area contributed by atoms with E-state index in [0.29, 0.717) is 5.92 Å². The van der Waals surface area contributed by atoms with Crippen molar-refractivity contribution in [2.45, 2.75) is 32.2 Å². The first-order chi connectivity index (χ1) is 7.15. The van der Waals surface area contributed by atoms with Crippen molar-refractivity contribution in [1.82, 2.24) is 5.32 Å². The summed E-state index contributed by atoms with van der Waals surface area (Å²) in [5.74, 6) is 0.350. The van der Waals surface area contributed by atoms with Crippen molar-refractivity contribution in [2.24, 2.45) is 5.92 Å². The molecule has 1 aliphatic rings. The largest absolute Gasteiger partial charge is 0.307 e. The summed E-state index contributed by atoms with van der Waals surface area (Å²) in [6.07, 6.45) is 2.28. The molecule has 1 aromatic rings. The van der Waals surface area contributed by atoms with E-state index < -0.39 is 0 Å². The standard InChI is InChI=1S/C13H18FN/c1-10(2)13(7-4-8-15-13)11-5-3-6-12(14)9-11/h3,5-6,9-10,15H,4,7-8H2,1-2H3. The zero-order chi connectivity index (χ0) is 10.9. The molecule has 0 amide bonds. The van der Waals surface area contributed by atoms with Gasteiger partial charge < -0.3 is 5.32 Å². The van der Waals surface area contributed by atoms with Gasteiger partial charge in [-0.15, -0.1) is 0 Å². The van der Waals surface area contributed by atoms with Crippen LogP contribution in [0.15, 0.2) is 24.3 Å². The van der Waals surface area contributed by atoms with Gasteiger partial charge in [-0.2, -0.15) is 0 Å². The summed E-state index contributed by atoms with van der Waals surface area (Å²) in [4.78, 5) is 0. The van der Waals surface area contributed by atoms with Crippen LogP contribution in [0.2, 0.25) is 0 Å². The van der Waals surface area contributed by atoms with Crippen LogP contribution >= 0.6 is 0 Å². The SMILES string of the molecule is CC(C)C1(c2cccc(F)c2)CCCN1. The Balaban J connectivity index is 2.41. The minimum Gasteiger partial charge on any atom is -0.307 e. The molecule has 1 N–H and O–H groups in total. The molecule has 1 aromatic carbocycles. The zero-order valence-electron chi connectivity index (χ0n) is 9.39. The molecule has 0 bridgehead atoms. The zero-order valence-corrected chi connectivity index (χ0v) is 9.39. The summed E-state index contributed by atoms with van der Waals surface area (Å²) in [7, 11) is 0. The number of benzene rings is 1. The molecule has 0 aliphatic carbocycles. The molecule has 1 fully saturated rings. The highest BCUT2D eigenvalue weighted by Gasteiger charge is 2.38. The first-order valence-corrected chi connectivity index (χ1v) is 5.66. The first kappa shape index (κ1) is 10.6. The Kier molecular flexibility index (Phi) is 2.79. The van der Waals surface area contributed by atoms with Crippen LogP contribution < -0.4 is 5.32 Å². The third-order valence-corrected chi connectivity index (χ3v) is 3.51. The molecule has 2 rings (SSSR count). The van der Waals surface area contributed by atoms with Crippen LogP contribution in [-0.2, 0) is 5.54 Å². The fourth-order valence-electron chi connectivity index (χ4n) is 2.61. The van der Waals surface area contributed by atoms with E-state index in [1.807, 2.05) is 6.07 Å². The van der Waals surface area contributed by atoms with Crippen molar-refractivity contribution in [1.29, 1.82) is 0 Å². The van der Waals surface area contributed by atoms with Gasteiger partial charge in [0.15, 0.2) is 0 Å². The Bertz CT molecular complexity index is 340. The molecule has 15 heavy (non-hydrogen) atoms. The van der Waals surface area contributed by atoms with Crippen molar-refractivity contribution >= 4 is 0 Å². The summed E-state index contributed by atoms with van der Waals surface area (Å²) in [6.45, 7) is 5.43. The number of rotatable bonds is 2. The second kappa shape index (κ2) is 3.93. The average Bonchev–Trinajstić information content (AvgIpc) is 2.67. The van der Waals surface area contributed by atoms with Gasteiger partial charge in [0, 0.05) is 5.54 Å². The maximum Gasteiger partial charge on any atom is 0.123 e. The van der Waals surface area contributed by atoms with Crippen LogP contribution in [-0.4, -0.2) is 6.54 Å². The van der Waals surface area contributed by atoms with Gasteiger partial charge in [0.25, 0.3) is 0 Å².